The molecule has 1 amide bonds. The zero-order valence-electron chi connectivity index (χ0n) is 14.3. The highest BCUT2D eigenvalue weighted by atomic mass is 16.5. The van der Waals surface area contributed by atoms with Crippen molar-refractivity contribution in [1.29, 1.82) is 0 Å². The summed E-state index contributed by atoms with van der Waals surface area (Å²) in [4.78, 5) is 14.7. The van der Waals surface area contributed by atoms with Crippen molar-refractivity contribution in [2.24, 2.45) is 0 Å². The number of tetrazole rings is 1. The van der Waals surface area contributed by atoms with Crippen LogP contribution >= 0.6 is 0 Å². The number of likely N-dealkylation sites (tertiary alicyclic amines) is 1. The van der Waals surface area contributed by atoms with E-state index in [0.717, 1.165) is 63.1 Å². The molecule has 0 radical (unpaired) electrons. The summed E-state index contributed by atoms with van der Waals surface area (Å²) in [5.74, 6) is 0.199. The van der Waals surface area contributed by atoms with Gasteiger partial charge in [0.25, 0.3) is 0 Å². The summed E-state index contributed by atoms with van der Waals surface area (Å²) in [7, 11) is 0. The van der Waals surface area contributed by atoms with E-state index < -0.39 is 0 Å². The number of ether oxygens (including phenoxy) is 1. The number of amides is 1. The molecule has 25 heavy (non-hydrogen) atoms. The van der Waals surface area contributed by atoms with E-state index in [2.05, 4.69) is 15.5 Å². The van der Waals surface area contributed by atoms with Crippen LogP contribution in [0.3, 0.4) is 0 Å². The number of hydrogen-bond donors (Lipinski definition) is 0. The van der Waals surface area contributed by atoms with Gasteiger partial charge in [-0.3, -0.25) is 4.79 Å². The van der Waals surface area contributed by atoms with Gasteiger partial charge >= 0.3 is 0 Å². The lowest BCUT2D eigenvalue weighted by Crippen LogP contribution is -2.35. The average molecular weight is 341 g/mol. The van der Waals surface area contributed by atoms with Crippen LogP contribution in [0.5, 0.6) is 0 Å². The molecule has 2 aliphatic rings. The second-order valence-electron chi connectivity index (χ2n) is 6.97. The SMILES string of the molecule is O=C(Cc1ccc(-n2cnnn2)cc1)N1CCC[C@@]2(CCCO2)CC1. The number of aromatic nitrogens is 4. The van der Waals surface area contributed by atoms with Crippen LogP contribution in [0.2, 0.25) is 0 Å². The smallest absolute Gasteiger partial charge is 0.226 e. The maximum absolute atomic E-state index is 12.7. The molecule has 1 atom stereocenters. The first-order chi connectivity index (χ1) is 12.2. The van der Waals surface area contributed by atoms with Gasteiger partial charge < -0.3 is 9.64 Å². The summed E-state index contributed by atoms with van der Waals surface area (Å²) in [5.41, 5.74) is 1.94. The summed E-state index contributed by atoms with van der Waals surface area (Å²) in [6, 6.07) is 7.80. The highest BCUT2D eigenvalue weighted by molar-refractivity contribution is 5.78. The number of carbonyl (C=O) groups excluding carboxylic acids is 1. The van der Waals surface area contributed by atoms with Crippen molar-refractivity contribution in [3.8, 4) is 5.69 Å². The molecule has 1 aromatic heterocycles. The molecule has 4 rings (SSSR count). The summed E-state index contributed by atoms with van der Waals surface area (Å²) in [6.07, 6.45) is 7.37. The fourth-order valence-electron chi connectivity index (χ4n) is 3.90. The molecule has 0 aliphatic carbocycles. The van der Waals surface area contributed by atoms with Gasteiger partial charge in [-0.2, -0.15) is 0 Å². The number of benzene rings is 1. The standard InChI is InChI=1S/C18H23N5O2/c24-17(22-10-1-7-18(9-11-22)8-2-12-25-18)13-15-3-5-16(6-4-15)23-14-19-20-21-23/h3-6,14H,1-2,7-13H2/t18-/m1/s1. The molecule has 0 N–H and O–H groups in total. The van der Waals surface area contributed by atoms with E-state index in [0.29, 0.717) is 6.42 Å². The monoisotopic (exact) mass is 341 g/mol. The van der Waals surface area contributed by atoms with Crippen LogP contribution in [-0.2, 0) is 16.0 Å². The first-order valence-electron chi connectivity index (χ1n) is 8.98. The van der Waals surface area contributed by atoms with E-state index in [4.69, 9.17) is 4.74 Å². The minimum absolute atomic E-state index is 0.0442. The molecule has 0 unspecified atom stereocenters. The van der Waals surface area contributed by atoms with E-state index in [1.165, 1.54) is 0 Å². The third kappa shape index (κ3) is 3.56. The minimum Gasteiger partial charge on any atom is -0.375 e. The van der Waals surface area contributed by atoms with Crippen molar-refractivity contribution in [2.45, 2.75) is 44.1 Å². The van der Waals surface area contributed by atoms with Crippen molar-refractivity contribution in [1.82, 2.24) is 25.1 Å². The average Bonchev–Trinajstić information content (AvgIpc) is 3.26. The highest BCUT2D eigenvalue weighted by Crippen LogP contribution is 2.35. The molecule has 1 aromatic carbocycles. The van der Waals surface area contributed by atoms with Crippen LogP contribution in [0.1, 0.15) is 37.7 Å². The van der Waals surface area contributed by atoms with E-state index in [9.17, 15) is 4.79 Å². The Bertz CT molecular complexity index is 708. The molecular weight excluding hydrogens is 318 g/mol. The van der Waals surface area contributed by atoms with Crippen molar-refractivity contribution < 1.29 is 9.53 Å². The second-order valence-corrected chi connectivity index (χ2v) is 6.97. The Hall–Kier alpha value is -2.28. The van der Waals surface area contributed by atoms with E-state index in [1.807, 2.05) is 29.2 Å². The van der Waals surface area contributed by atoms with Crippen LogP contribution in [0.25, 0.3) is 5.69 Å². The molecular formula is C18H23N5O2. The number of nitrogens with zero attached hydrogens (tertiary/aromatic N) is 5. The largest absolute Gasteiger partial charge is 0.375 e. The van der Waals surface area contributed by atoms with Crippen LogP contribution < -0.4 is 0 Å². The number of hydrogen-bond acceptors (Lipinski definition) is 5. The normalized spacial score (nSPS) is 23.8. The molecule has 0 saturated carbocycles. The fraction of sp³-hybridized carbons (Fsp3) is 0.556. The molecule has 1 spiro atoms. The van der Waals surface area contributed by atoms with Gasteiger partial charge in [-0.05, 0) is 60.2 Å². The Kier molecular flexibility index (Phi) is 4.48. The van der Waals surface area contributed by atoms with Gasteiger partial charge in [-0.15, -0.1) is 5.10 Å². The third-order valence-corrected chi connectivity index (χ3v) is 5.34. The zero-order valence-corrected chi connectivity index (χ0v) is 14.3. The Morgan fingerprint density at radius 3 is 2.68 bits per heavy atom. The predicted octanol–water partition coefficient (Wildman–Crippen LogP) is 1.77. The molecule has 7 heteroatoms. The van der Waals surface area contributed by atoms with Gasteiger partial charge in [0.05, 0.1) is 17.7 Å². The summed E-state index contributed by atoms with van der Waals surface area (Å²) in [6.45, 7) is 2.52. The molecule has 3 heterocycles. The summed E-state index contributed by atoms with van der Waals surface area (Å²) in [5, 5.41) is 11.1. The molecule has 0 bridgehead atoms. The lowest BCUT2D eigenvalue weighted by molar-refractivity contribution is -0.130. The summed E-state index contributed by atoms with van der Waals surface area (Å²) < 4.78 is 7.60. The molecule has 2 aliphatic heterocycles. The van der Waals surface area contributed by atoms with E-state index >= 15 is 0 Å². The first kappa shape index (κ1) is 16.2. The lowest BCUT2D eigenvalue weighted by Gasteiger charge is -2.27. The third-order valence-electron chi connectivity index (χ3n) is 5.34. The number of carbonyl (C=O) groups is 1. The topological polar surface area (TPSA) is 73.1 Å². The Morgan fingerprint density at radius 1 is 1.12 bits per heavy atom. The molecule has 132 valence electrons. The molecule has 2 fully saturated rings. The van der Waals surface area contributed by atoms with Gasteiger partial charge in [-0.1, -0.05) is 12.1 Å². The van der Waals surface area contributed by atoms with Crippen LogP contribution in [0, 0.1) is 0 Å². The van der Waals surface area contributed by atoms with E-state index in [-0.39, 0.29) is 11.5 Å². The van der Waals surface area contributed by atoms with E-state index in [1.54, 1.807) is 11.0 Å². The molecule has 2 saturated heterocycles. The van der Waals surface area contributed by atoms with Gasteiger partial charge in [-0.25, -0.2) is 4.68 Å². The van der Waals surface area contributed by atoms with Gasteiger partial charge in [0.2, 0.25) is 5.91 Å². The van der Waals surface area contributed by atoms with Gasteiger partial charge in [0.1, 0.15) is 6.33 Å². The predicted molar refractivity (Wildman–Crippen MR) is 91.2 cm³/mol. The van der Waals surface area contributed by atoms with Crippen molar-refractivity contribution in [3.05, 3.63) is 36.2 Å². The maximum atomic E-state index is 12.7. The fourth-order valence-corrected chi connectivity index (χ4v) is 3.90. The Balaban J connectivity index is 1.36. The van der Waals surface area contributed by atoms with Crippen LogP contribution in [0.4, 0.5) is 0 Å². The van der Waals surface area contributed by atoms with Crippen molar-refractivity contribution in [3.63, 3.8) is 0 Å². The van der Waals surface area contributed by atoms with Crippen LogP contribution in [0.15, 0.2) is 30.6 Å². The maximum Gasteiger partial charge on any atom is 0.226 e. The lowest BCUT2D eigenvalue weighted by atomic mass is 9.92. The zero-order chi connectivity index (χ0) is 17.1. The first-order valence-corrected chi connectivity index (χ1v) is 8.98. The van der Waals surface area contributed by atoms with Crippen LogP contribution in [-0.4, -0.2) is 56.3 Å². The minimum atomic E-state index is 0.0442. The van der Waals surface area contributed by atoms with Gasteiger partial charge in [0.15, 0.2) is 0 Å². The molecule has 7 nitrogen and oxygen atoms in total. The molecule has 2 aromatic rings. The Morgan fingerprint density at radius 2 is 1.96 bits per heavy atom. The Labute approximate surface area is 147 Å². The van der Waals surface area contributed by atoms with Crippen molar-refractivity contribution in [2.75, 3.05) is 19.7 Å². The second kappa shape index (κ2) is 6.92. The number of rotatable bonds is 3. The van der Waals surface area contributed by atoms with Gasteiger partial charge in [0, 0.05) is 19.7 Å². The van der Waals surface area contributed by atoms with Crippen molar-refractivity contribution >= 4 is 5.91 Å². The summed E-state index contributed by atoms with van der Waals surface area (Å²) >= 11 is 0. The highest BCUT2D eigenvalue weighted by Gasteiger charge is 2.37. The quantitative estimate of drug-likeness (QED) is 0.851.